The highest BCUT2D eigenvalue weighted by atomic mass is 16.5. The Morgan fingerprint density at radius 3 is 2.74 bits per heavy atom. The molecule has 1 aliphatic carbocycles. The van der Waals surface area contributed by atoms with Crippen molar-refractivity contribution in [2.45, 2.75) is 51.8 Å². The van der Waals surface area contributed by atoms with Gasteiger partial charge < -0.3 is 20.3 Å². The van der Waals surface area contributed by atoms with Crippen molar-refractivity contribution in [2.75, 3.05) is 0 Å². The van der Waals surface area contributed by atoms with Gasteiger partial charge in [0, 0.05) is 18.2 Å². The molecule has 144 valence electrons. The average Bonchev–Trinajstić information content (AvgIpc) is 3.09. The molecule has 2 aromatic heterocycles. The molecule has 9 nitrogen and oxygen atoms in total. The van der Waals surface area contributed by atoms with Gasteiger partial charge in [-0.3, -0.25) is 19.6 Å². The number of hydrogen-bond acceptors (Lipinski definition) is 7. The Balaban J connectivity index is 1.54. The van der Waals surface area contributed by atoms with E-state index >= 15 is 0 Å². The van der Waals surface area contributed by atoms with Crippen molar-refractivity contribution in [1.29, 1.82) is 0 Å². The predicted molar refractivity (Wildman–Crippen MR) is 94.5 cm³/mol. The van der Waals surface area contributed by atoms with Gasteiger partial charge in [-0.25, -0.2) is 0 Å². The van der Waals surface area contributed by atoms with Gasteiger partial charge in [-0.1, -0.05) is 5.16 Å². The lowest BCUT2D eigenvalue weighted by molar-refractivity contribution is -0.127. The zero-order valence-electron chi connectivity index (χ0n) is 15.3. The van der Waals surface area contributed by atoms with Crippen LogP contribution in [0.15, 0.2) is 23.0 Å². The van der Waals surface area contributed by atoms with E-state index < -0.39 is 18.1 Å². The predicted octanol–water partition coefficient (Wildman–Crippen LogP) is 0.657. The summed E-state index contributed by atoms with van der Waals surface area (Å²) in [4.78, 5) is 33.0. The Morgan fingerprint density at radius 2 is 2.07 bits per heavy atom. The van der Waals surface area contributed by atoms with Crippen LogP contribution in [0.3, 0.4) is 0 Å². The minimum Gasteiger partial charge on any atom is -0.391 e. The molecule has 3 rings (SSSR count). The highest BCUT2D eigenvalue weighted by Gasteiger charge is 2.34. The maximum Gasteiger partial charge on any atom is 0.273 e. The van der Waals surface area contributed by atoms with Crippen LogP contribution in [-0.2, 0) is 11.3 Å². The van der Waals surface area contributed by atoms with E-state index in [1.54, 1.807) is 19.3 Å². The first-order valence-electron chi connectivity index (χ1n) is 8.90. The number of aryl methyl sites for hydroxylation is 2. The van der Waals surface area contributed by atoms with Crippen molar-refractivity contribution in [1.82, 2.24) is 25.8 Å². The molecule has 0 aliphatic heterocycles. The fourth-order valence-electron chi connectivity index (χ4n) is 3.10. The molecular formula is C18H23N5O4. The van der Waals surface area contributed by atoms with Gasteiger partial charge in [-0.05, 0) is 33.1 Å². The molecule has 1 aliphatic rings. The van der Waals surface area contributed by atoms with Crippen LogP contribution in [0.25, 0.3) is 0 Å². The van der Waals surface area contributed by atoms with Gasteiger partial charge in [0.15, 0.2) is 5.69 Å². The van der Waals surface area contributed by atoms with Gasteiger partial charge in [0.25, 0.3) is 5.91 Å². The second-order valence-corrected chi connectivity index (χ2v) is 6.85. The Morgan fingerprint density at radius 1 is 1.26 bits per heavy atom. The fourth-order valence-corrected chi connectivity index (χ4v) is 3.10. The average molecular weight is 373 g/mol. The monoisotopic (exact) mass is 373 g/mol. The lowest BCUT2D eigenvalue weighted by atomic mass is 9.83. The van der Waals surface area contributed by atoms with E-state index in [-0.39, 0.29) is 17.5 Å². The quantitative estimate of drug-likeness (QED) is 0.702. The van der Waals surface area contributed by atoms with Crippen LogP contribution < -0.4 is 10.6 Å². The zero-order chi connectivity index (χ0) is 19.4. The van der Waals surface area contributed by atoms with Crippen LogP contribution in [0.5, 0.6) is 0 Å². The highest BCUT2D eigenvalue weighted by Crippen LogP contribution is 2.25. The number of carbonyl (C=O) groups is 2. The third kappa shape index (κ3) is 4.88. The van der Waals surface area contributed by atoms with Crippen LogP contribution in [0.1, 0.15) is 46.9 Å². The van der Waals surface area contributed by atoms with Gasteiger partial charge in [0.1, 0.15) is 5.76 Å². The number of rotatable bonds is 5. The summed E-state index contributed by atoms with van der Waals surface area (Å²) in [5.41, 5.74) is 1.65. The molecule has 0 saturated heterocycles. The molecule has 2 amide bonds. The van der Waals surface area contributed by atoms with Crippen LogP contribution in [0.2, 0.25) is 0 Å². The second-order valence-electron chi connectivity index (χ2n) is 6.85. The normalized spacial score (nSPS) is 22.3. The van der Waals surface area contributed by atoms with E-state index in [0.717, 1.165) is 5.69 Å². The fraction of sp³-hybridized carbons (Fsp3) is 0.500. The maximum absolute atomic E-state index is 12.5. The Hall–Kier alpha value is -2.81. The van der Waals surface area contributed by atoms with Gasteiger partial charge >= 0.3 is 0 Å². The number of aliphatic hydroxyl groups excluding tert-OH is 1. The smallest absolute Gasteiger partial charge is 0.273 e. The third-order valence-corrected chi connectivity index (χ3v) is 4.64. The molecule has 0 radical (unpaired) electrons. The molecule has 1 fully saturated rings. The third-order valence-electron chi connectivity index (χ3n) is 4.64. The van der Waals surface area contributed by atoms with Crippen molar-refractivity contribution in [3.63, 3.8) is 0 Å². The molecular weight excluding hydrogens is 350 g/mol. The second kappa shape index (κ2) is 8.26. The number of aliphatic hydroxyl groups is 1. The largest absolute Gasteiger partial charge is 0.391 e. The molecule has 3 N–H and O–H groups in total. The van der Waals surface area contributed by atoms with E-state index in [9.17, 15) is 14.7 Å². The molecule has 27 heavy (non-hydrogen) atoms. The van der Waals surface area contributed by atoms with Gasteiger partial charge in [-0.2, -0.15) is 0 Å². The molecule has 0 bridgehead atoms. The molecule has 3 atom stereocenters. The molecule has 1 saturated carbocycles. The Kier molecular flexibility index (Phi) is 5.80. The number of amides is 2. The number of nitrogens with zero attached hydrogens (tertiary/aromatic N) is 3. The van der Waals surface area contributed by atoms with Crippen molar-refractivity contribution >= 4 is 11.8 Å². The summed E-state index contributed by atoms with van der Waals surface area (Å²) >= 11 is 0. The topological polar surface area (TPSA) is 130 Å². The lowest BCUT2D eigenvalue weighted by Gasteiger charge is -2.32. The lowest BCUT2D eigenvalue weighted by Crippen LogP contribution is -2.49. The number of aromatic nitrogens is 3. The van der Waals surface area contributed by atoms with E-state index in [1.165, 1.54) is 6.07 Å². The summed E-state index contributed by atoms with van der Waals surface area (Å²) in [6.45, 7) is 3.83. The summed E-state index contributed by atoms with van der Waals surface area (Å²) in [6.07, 6.45) is 3.93. The molecule has 0 unspecified atom stereocenters. The van der Waals surface area contributed by atoms with E-state index in [4.69, 9.17) is 4.52 Å². The molecule has 9 heteroatoms. The van der Waals surface area contributed by atoms with Crippen LogP contribution in [0.4, 0.5) is 0 Å². The Bertz CT molecular complexity index is 804. The summed E-state index contributed by atoms with van der Waals surface area (Å²) in [7, 11) is 0. The van der Waals surface area contributed by atoms with Gasteiger partial charge in [-0.15, -0.1) is 0 Å². The number of hydrogen-bond donors (Lipinski definition) is 3. The van der Waals surface area contributed by atoms with Crippen LogP contribution in [0, 0.1) is 19.8 Å². The molecule has 2 aromatic rings. The SMILES string of the molecule is Cc1cnc(CNC(=O)[C@H]2CC[C@@H](O)[C@H](NC(=O)c3cc(C)on3)C2)cn1. The van der Waals surface area contributed by atoms with E-state index in [1.807, 2.05) is 6.92 Å². The van der Waals surface area contributed by atoms with Crippen LogP contribution >= 0.6 is 0 Å². The van der Waals surface area contributed by atoms with Gasteiger partial charge in [0.2, 0.25) is 5.91 Å². The summed E-state index contributed by atoms with van der Waals surface area (Å²) < 4.78 is 4.89. The first-order chi connectivity index (χ1) is 12.9. The summed E-state index contributed by atoms with van der Waals surface area (Å²) in [6, 6.07) is 1.01. The molecule has 2 heterocycles. The van der Waals surface area contributed by atoms with Crippen molar-refractivity contribution in [3.05, 3.63) is 41.3 Å². The maximum atomic E-state index is 12.5. The highest BCUT2D eigenvalue weighted by molar-refractivity contribution is 5.92. The minimum absolute atomic E-state index is 0.124. The van der Waals surface area contributed by atoms with Gasteiger partial charge in [0.05, 0.1) is 36.3 Å². The van der Waals surface area contributed by atoms with Crippen LogP contribution in [-0.4, -0.2) is 44.2 Å². The first kappa shape index (κ1) is 19.0. The standard InChI is InChI=1S/C18H23N5O4/c1-10-7-20-13(8-19-10)9-21-17(25)12-3-4-16(24)14(6-12)22-18(26)15-5-11(2)27-23-15/h5,7-8,12,14,16,24H,3-4,6,9H2,1-2H3,(H,21,25)(H,22,26)/t12-,14+,16+/m0/s1. The molecule has 0 aromatic carbocycles. The number of nitrogens with one attached hydrogen (secondary N) is 2. The van der Waals surface area contributed by atoms with E-state index in [0.29, 0.717) is 37.3 Å². The summed E-state index contributed by atoms with van der Waals surface area (Å²) in [5.74, 6) is -0.315. The summed E-state index contributed by atoms with van der Waals surface area (Å²) in [5, 5.41) is 19.5. The van der Waals surface area contributed by atoms with E-state index in [2.05, 4.69) is 25.8 Å². The Labute approximate surface area is 156 Å². The molecule has 0 spiro atoms. The minimum atomic E-state index is -0.700. The van der Waals surface area contributed by atoms with Crippen molar-refractivity contribution in [3.8, 4) is 0 Å². The van der Waals surface area contributed by atoms with Crippen molar-refractivity contribution < 1.29 is 19.2 Å². The first-order valence-corrected chi connectivity index (χ1v) is 8.90. The van der Waals surface area contributed by atoms with Crippen molar-refractivity contribution in [2.24, 2.45) is 5.92 Å². The zero-order valence-corrected chi connectivity index (χ0v) is 15.3. The number of carbonyl (C=O) groups excluding carboxylic acids is 2.